The fourth-order valence-corrected chi connectivity index (χ4v) is 1.43. The standard InChI is InChI=1S/C14H22N2O4/c1-14(2,3)20-13(17)16-11-6-5-10(18-4)9-12(11)19-8-7-15/h5-6,9H,7-8,15H2,1-4H3,(H,16,17). The van der Waals surface area contributed by atoms with E-state index in [1.54, 1.807) is 46.1 Å². The predicted octanol–water partition coefficient (Wildman–Crippen LogP) is 2.38. The summed E-state index contributed by atoms with van der Waals surface area (Å²) in [6.07, 6.45) is -0.541. The Balaban J connectivity index is 2.84. The number of nitrogens with one attached hydrogen (secondary N) is 1. The molecule has 6 heteroatoms. The molecule has 0 aliphatic heterocycles. The first-order valence-corrected chi connectivity index (χ1v) is 6.36. The van der Waals surface area contributed by atoms with Crippen LogP contribution in [-0.4, -0.2) is 32.0 Å². The highest BCUT2D eigenvalue weighted by Crippen LogP contribution is 2.29. The topological polar surface area (TPSA) is 82.8 Å². The van der Waals surface area contributed by atoms with Gasteiger partial charge in [0.05, 0.1) is 12.8 Å². The number of hydrogen-bond acceptors (Lipinski definition) is 5. The van der Waals surface area contributed by atoms with Crippen molar-refractivity contribution in [2.75, 3.05) is 25.6 Å². The summed E-state index contributed by atoms with van der Waals surface area (Å²) in [5.41, 5.74) is 5.36. The molecule has 0 aliphatic carbocycles. The molecule has 0 saturated carbocycles. The summed E-state index contributed by atoms with van der Waals surface area (Å²) in [5.74, 6) is 1.12. The molecule has 112 valence electrons. The number of carbonyl (C=O) groups is 1. The molecular weight excluding hydrogens is 260 g/mol. The van der Waals surface area contributed by atoms with Gasteiger partial charge in [0, 0.05) is 12.6 Å². The van der Waals surface area contributed by atoms with Gasteiger partial charge in [0.15, 0.2) is 0 Å². The van der Waals surface area contributed by atoms with Gasteiger partial charge in [-0.25, -0.2) is 4.79 Å². The summed E-state index contributed by atoms with van der Waals surface area (Å²) in [7, 11) is 1.56. The third kappa shape index (κ3) is 5.36. The molecular formula is C14H22N2O4. The Labute approximate surface area is 119 Å². The number of amides is 1. The van der Waals surface area contributed by atoms with Crippen molar-refractivity contribution in [1.29, 1.82) is 0 Å². The van der Waals surface area contributed by atoms with Crippen LogP contribution in [0.4, 0.5) is 10.5 Å². The van der Waals surface area contributed by atoms with Crippen LogP contribution in [-0.2, 0) is 4.74 Å². The monoisotopic (exact) mass is 282 g/mol. The second-order valence-electron chi connectivity index (χ2n) is 5.13. The number of benzene rings is 1. The number of methoxy groups -OCH3 is 1. The van der Waals surface area contributed by atoms with E-state index in [2.05, 4.69) is 5.32 Å². The molecule has 0 atom stereocenters. The molecule has 1 aromatic rings. The van der Waals surface area contributed by atoms with E-state index in [1.807, 2.05) is 0 Å². The Morgan fingerprint density at radius 3 is 2.60 bits per heavy atom. The average molecular weight is 282 g/mol. The summed E-state index contributed by atoms with van der Waals surface area (Å²) < 4.78 is 15.8. The number of carbonyl (C=O) groups excluding carboxylic acids is 1. The predicted molar refractivity (Wildman–Crippen MR) is 77.4 cm³/mol. The van der Waals surface area contributed by atoms with E-state index in [9.17, 15) is 4.79 Å². The summed E-state index contributed by atoms with van der Waals surface area (Å²) in [4.78, 5) is 11.8. The normalized spacial score (nSPS) is 10.8. The minimum atomic E-state index is -0.561. The third-order valence-electron chi connectivity index (χ3n) is 2.20. The van der Waals surface area contributed by atoms with Crippen LogP contribution in [0, 0.1) is 0 Å². The number of anilines is 1. The number of ether oxygens (including phenoxy) is 3. The first-order chi connectivity index (χ1) is 9.35. The van der Waals surface area contributed by atoms with Crippen molar-refractivity contribution in [2.24, 2.45) is 5.73 Å². The zero-order valence-electron chi connectivity index (χ0n) is 12.4. The van der Waals surface area contributed by atoms with Gasteiger partial charge in [0.2, 0.25) is 0 Å². The van der Waals surface area contributed by atoms with Crippen LogP contribution in [0.1, 0.15) is 20.8 Å². The van der Waals surface area contributed by atoms with E-state index in [1.165, 1.54) is 0 Å². The second kappa shape index (κ2) is 7.00. The van der Waals surface area contributed by atoms with Crippen molar-refractivity contribution in [1.82, 2.24) is 0 Å². The van der Waals surface area contributed by atoms with Gasteiger partial charge in [-0.1, -0.05) is 0 Å². The lowest BCUT2D eigenvalue weighted by Crippen LogP contribution is -2.27. The van der Waals surface area contributed by atoms with Crippen LogP contribution < -0.4 is 20.5 Å². The highest BCUT2D eigenvalue weighted by molar-refractivity contribution is 5.87. The van der Waals surface area contributed by atoms with Gasteiger partial charge in [-0.05, 0) is 32.9 Å². The lowest BCUT2D eigenvalue weighted by molar-refractivity contribution is 0.0635. The van der Waals surface area contributed by atoms with Crippen LogP contribution in [0.2, 0.25) is 0 Å². The maximum Gasteiger partial charge on any atom is 0.412 e. The first kappa shape index (κ1) is 16.1. The molecule has 1 rings (SSSR count). The molecule has 0 heterocycles. The Kier molecular flexibility index (Phi) is 5.64. The molecule has 0 bridgehead atoms. The van der Waals surface area contributed by atoms with Gasteiger partial charge in [-0.15, -0.1) is 0 Å². The Morgan fingerprint density at radius 2 is 2.05 bits per heavy atom. The van der Waals surface area contributed by atoms with E-state index in [0.29, 0.717) is 30.3 Å². The van der Waals surface area contributed by atoms with E-state index < -0.39 is 11.7 Å². The number of rotatable bonds is 5. The summed E-state index contributed by atoms with van der Waals surface area (Å²) in [6, 6.07) is 5.10. The lowest BCUT2D eigenvalue weighted by atomic mass is 10.2. The molecule has 0 aromatic heterocycles. The van der Waals surface area contributed by atoms with Crippen molar-refractivity contribution in [3.63, 3.8) is 0 Å². The summed E-state index contributed by atoms with van der Waals surface area (Å²) in [6.45, 7) is 6.12. The van der Waals surface area contributed by atoms with Gasteiger partial charge in [0.1, 0.15) is 23.7 Å². The van der Waals surface area contributed by atoms with Crippen LogP contribution >= 0.6 is 0 Å². The fourth-order valence-electron chi connectivity index (χ4n) is 1.43. The van der Waals surface area contributed by atoms with E-state index >= 15 is 0 Å². The van der Waals surface area contributed by atoms with Gasteiger partial charge < -0.3 is 19.9 Å². The zero-order valence-corrected chi connectivity index (χ0v) is 12.4. The van der Waals surface area contributed by atoms with Crippen LogP contribution in [0.15, 0.2) is 18.2 Å². The smallest absolute Gasteiger partial charge is 0.412 e. The molecule has 0 aliphatic rings. The minimum absolute atomic E-state index is 0.343. The largest absolute Gasteiger partial charge is 0.497 e. The average Bonchev–Trinajstić information content (AvgIpc) is 2.35. The highest BCUT2D eigenvalue weighted by atomic mass is 16.6. The Bertz CT molecular complexity index is 455. The Morgan fingerprint density at radius 1 is 1.35 bits per heavy atom. The number of hydrogen-bond donors (Lipinski definition) is 2. The van der Waals surface area contributed by atoms with Gasteiger partial charge in [0.25, 0.3) is 0 Å². The molecule has 3 N–H and O–H groups in total. The SMILES string of the molecule is COc1ccc(NC(=O)OC(C)(C)C)c(OCCN)c1. The lowest BCUT2D eigenvalue weighted by Gasteiger charge is -2.20. The highest BCUT2D eigenvalue weighted by Gasteiger charge is 2.17. The Hall–Kier alpha value is -1.95. The van der Waals surface area contributed by atoms with Crippen molar-refractivity contribution in [2.45, 2.75) is 26.4 Å². The van der Waals surface area contributed by atoms with Gasteiger partial charge in [-0.3, -0.25) is 5.32 Å². The molecule has 0 unspecified atom stereocenters. The van der Waals surface area contributed by atoms with Crippen molar-refractivity contribution >= 4 is 11.8 Å². The molecule has 0 spiro atoms. The molecule has 1 aromatic carbocycles. The molecule has 0 fully saturated rings. The van der Waals surface area contributed by atoms with Crippen LogP contribution in [0.25, 0.3) is 0 Å². The molecule has 20 heavy (non-hydrogen) atoms. The van der Waals surface area contributed by atoms with Crippen molar-refractivity contribution in [3.8, 4) is 11.5 Å². The van der Waals surface area contributed by atoms with Gasteiger partial charge in [-0.2, -0.15) is 0 Å². The van der Waals surface area contributed by atoms with Crippen LogP contribution in [0.3, 0.4) is 0 Å². The molecule has 0 saturated heterocycles. The maximum atomic E-state index is 11.8. The van der Waals surface area contributed by atoms with E-state index in [-0.39, 0.29) is 0 Å². The zero-order chi connectivity index (χ0) is 15.2. The van der Waals surface area contributed by atoms with Crippen molar-refractivity contribution in [3.05, 3.63) is 18.2 Å². The summed E-state index contributed by atoms with van der Waals surface area (Å²) in [5, 5.41) is 2.64. The molecule has 6 nitrogen and oxygen atoms in total. The van der Waals surface area contributed by atoms with E-state index in [0.717, 1.165) is 0 Å². The van der Waals surface area contributed by atoms with Crippen LogP contribution in [0.5, 0.6) is 11.5 Å². The quantitative estimate of drug-likeness (QED) is 0.866. The van der Waals surface area contributed by atoms with Crippen molar-refractivity contribution < 1.29 is 19.0 Å². The maximum absolute atomic E-state index is 11.8. The van der Waals surface area contributed by atoms with E-state index in [4.69, 9.17) is 19.9 Å². The minimum Gasteiger partial charge on any atom is -0.497 e. The first-order valence-electron chi connectivity index (χ1n) is 6.36. The summed E-state index contributed by atoms with van der Waals surface area (Å²) >= 11 is 0. The second-order valence-corrected chi connectivity index (χ2v) is 5.13. The number of nitrogens with two attached hydrogens (primary N) is 1. The fraction of sp³-hybridized carbons (Fsp3) is 0.500. The molecule has 0 radical (unpaired) electrons. The molecule has 1 amide bonds. The van der Waals surface area contributed by atoms with Gasteiger partial charge >= 0.3 is 6.09 Å². The third-order valence-corrected chi connectivity index (χ3v) is 2.20.